The summed E-state index contributed by atoms with van der Waals surface area (Å²) in [6.45, 7) is 1.80. The van der Waals surface area contributed by atoms with E-state index < -0.39 is 12.0 Å². The van der Waals surface area contributed by atoms with Crippen LogP contribution in [0, 0.1) is 0 Å². The number of rotatable bonds is 4. The largest absolute Gasteiger partial charge is 0.480 e. The van der Waals surface area contributed by atoms with E-state index in [-0.39, 0.29) is 5.56 Å². The molecule has 6 nitrogen and oxygen atoms in total. The summed E-state index contributed by atoms with van der Waals surface area (Å²) in [4.78, 5) is 30.1. The van der Waals surface area contributed by atoms with Crippen molar-refractivity contribution >= 4 is 33.5 Å². The first-order valence-corrected chi connectivity index (χ1v) is 7.00. The predicted octanol–water partition coefficient (Wildman–Crippen LogP) is 2.35. The highest BCUT2D eigenvalue weighted by Crippen LogP contribution is 2.23. The average molecular weight is 297 g/mol. The van der Waals surface area contributed by atoms with E-state index in [9.17, 15) is 9.59 Å². The summed E-state index contributed by atoms with van der Waals surface area (Å²) >= 11 is 0. The number of hydrogen-bond acceptors (Lipinski definition) is 4. The van der Waals surface area contributed by atoms with Crippen molar-refractivity contribution in [2.75, 3.05) is 5.32 Å². The summed E-state index contributed by atoms with van der Waals surface area (Å²) in [5.41, 5.74) is 0.970. The molecule has 22 heavy (non-hydrogen) atoms. The number of benzene rings is 1. The first kappa shape index (κ1) is 14.1. The maximum Gasteiger partial charge on any atom is 0.326 e. The molecule has 0 bridgehead atoms. The van der Waals surface area contributed by atoms with E-state index in [0.29, 0.717) is 23.1 Å². The van der Waals surface area contributed by atoms with Crippen LogP contribution in [0.4, 0.5) is 5.69 Å². The third-order valence-electron chi connectivity index (χ3n) is 3.64. The Morgan fingerprint density at radius 3 is 2.86 bits per heavy atom. The van der Waals surface area contributed by atoms with Gasteiger partial charge in [0.1, 0.15) is 11.7 Å². The average Bonchev–Trinajstić information content (AvgIpc) is 2.52. The molecule has 1 atom stereocenters. The molecule has 2 aromatic heterocycles. The van der Waals surface area contributed by atoms with E-state index in [2.05, 4.69) is 15.3 Å². The normalized spacial score (nSPS) is 12.4. The number of fused-ring (bicyclic) bond motifs is 3. The number of pyridine rings is 2. The Morgan fingerprint density at radius 1 is 1.32 bits per heavy atom. The fourth-order valence-corrected chi connectivity index (χ4v) is 2.49. The zero-order valence-corrected chi connectivity index (χ0v) is 12.0. The fourth-order valence-electron chi connectivity index (χ4n) is 2.49. The second-order valence-corrected chi connectivity index (χ2v) is 5.06. The molecule has 0 fully saturated rings. The van der Waals surface area contributed by atoms with Gasteiger partial charge in [0.2, 0.25) is 0 Å². The molecule has 0 saturated heterocycles. The van der Waals surface area contributed by atoms with E-state index in [4.69, 9.17) is 5.11 Å². The number of carboxylic acids is 1. The van der Waals surface area contributed by atoms with Crippen molar-refractivity contribution in [1.29, 1.82) is 0 Å². The lowest BCUT2D eigenvalue weighted by molar-refractivity contribution is -0.137. The van der Waals surface area contributed by atoms with Gasteiger partial charge < -0.3 is 15.4 Å². The highest BCUT2D eigenvalue weighted by molar-refractivity contribution is 6.05. The van der Waals surface area contributed by atoms with Crippen molar-refractivity contribution in [2.24, 2.45) is 0 Å². The number of aromatic nitrogens is 2. The van der Waals surface area contributed by atoms with Gasteiger partial charge in [-0.15, -0.1) is 0 Å². The maximum atomic E-state index is 12.1. The van der Waals surface area contributed by atoms with Crippen LogP contribution in [0.15, 0.2) is 41.3 Å². The van der Waals surface area contributed by atoms with Crippen LogP contribution in [0.1, 0.15) is 13.3 Å². The summed E-state index contributed by atoms with van der Waals surface area (Å²) in [5.74, 6) is -0.903. The Kier molecular flexibility index (Phi) is 3.50. The van der Waals surface area contributed by atoms with Crippen LogP contribution in [-0.2, 0) is 4.79 Å². The number of anilines is 1. The molecule has 1 aromatic carbocycles. The van der Waals surface area contributed by atoms with Gasteiger partial charge in [-0.3, -0.25) is 4.79 Å². The molecule has 3 rings (SSSR count). The summed E-state index contributed by atoms with van der Waals surface area (Å²) in [6.07, 6.45) is 2.08. The van der Waals surface area contributed by atoms with Gasteiger partial charge in [0.15, 0.2) is 0 Å². The lowest BCUT2D eigenvalue weighted by Crippen LogP contribution is -2.28. The number of aliphatic carboxylic acids is 1. The Hall–Kier alpha value is -2.89. The number of nitrogens with zero attached hydrogens (tertiary/aromatic N) is 1. The molecule has 3 aromatic rings. The third-order valence-corrected chi connectivity index (χ3v) is 3.64. The summed E-state index contributed by atoms with van der Waals surface area (Å²) < 4.78 is 0. The minimum atomic E-state index is -0.903. The summed E-state index contributed by atoms with van der Waals surface area (Å²) in [5, 5.41) is 14.2. The van der Waals surface area contributed by atoms with Gasteiger partial charge in [0, 0.05) is 28.0 Å². The van der Waals surface area contributed by atoms with E-state index in [0.717, 1.165) is 10.8 Å². The number of carboxylic acid groups (broad SMARTS) is 1. The van der Waals surface area contributed by atoms with Crippen LogP contribution in [0.2, 0.25) is 0 Å². The quantitative estimate of drug-likeness (QED) is 0.642. The highest BCUT2D eigenvalue weighted by Gasteiger charge is 2.15. The lowest BCUT2D eigenvalue weighted by Gasteiger charge is -2.14. The topological polar surface area (TPSA) is 95.1 Å². The monoisotopic (exact) mass is 297 g/mol. The standard InChI is InChI=1S/C16H15N3O3/c1-2-13(16(21)22)18-9-5-6-11-12(8-9)10-4-3-7-17-14(10)19-15(11)20/h3-8,13,18H,2H2,1H3,(H,21,22)(H,17,19,20). The Balaban J connectivity index is 2.18. The lowest BCUT2D eigenvalue weighted by atomic mass is 10.1. The van der Waals surface area contributed by atoms with Gasteiger partial charge in [-0.1, -0.05) is 6.92 Å². The van der Waals surface area contributed by atoms with Gasteiger partial charge in [-0.05, 0) is 36.8 Å². The minimum Gasteiger partial charge on any atom is -0.480 e. The Labute approximate surface area is 125 Å². The molecule has 3 N–H and O–H groups in total. The van der Waals surface area contributed by atoms with Crippen LogP contribution < -0.4 is 10.9 Å². The van der Waals surface area contributed by atoms with Crippen LogP contribution in [-0.4, -0.2) is 27.1 Å². The Morgan fingerprint density at radius 2 is 2.14 bits per heavy atom. The van der Waals surface area contributed by atoms with Crippen molar-refractivity contribution in [2.45, 2.75) is 19.4 Å². The van der Waals surface area contributed by atoms with Gasteiger partial charge in [-0.2, -0.15) is 0 Å². The minimum absolute atomic E-state index is 0.210. The predicted molar refractivity (Wildman–Crippen MR) is 85.2 cm³/mol. The van der Waals surface area contributed by atoms with E-state index in [1.165, 1.54) is 0 Å². The molecule has 0 spiro atoms. The second kappa shape index (κ2) is 5.48. The van der Waals surface area contributed by atoms with Crippen LogP contribution >= 0.6 is 0 Å². The van der Waals surface area contributed by atoms with Gasteiger partial charge in [0.05, 0.1) is 0 Å². The molecule has 0 radical (unpaired) electrons. The van der Waals surface area contributed by atoms with Gasteiger partial charge in [-0.25, -0.2) is 9.78 Å². The zero-order chi connectivity index (χ0) is 15.7. The van der Waals surface area contributed by atoms with Crippen molar-refractivity contribution < 1.29 is 9.90 Å². The van der Waals surface area contributed by atoms with Crippen LogP contribution in [0.5, 0.6) is 0 Å². The molecule has 6 heteroatoms. The summed E-state index contributed by atoms with van der Waals surface area (Å²) in [7, 11) is 0. The molecule has 112 valence electrons. The van der Waals surface area contributed by atoms with Crippen molar-refractivity contribution in [3.63, 3.8) is 0 Å². The van der Waals surface area contributed by atoms with E-state index in [1.807, 2.05) is 6.07 Å². The molecule has 0 saturated carbocycles. The van der Waals surface area contributed by atoms with Gasteiger partial charge in [0.25, 0.3) is 5.56 Å². The number of aromatic amines is 1. The smallest absolute Gasteiger partial charge is 0.326 e. The number of carbonyl (C=O) groups is 1. The fraction of sp³-hybridized carbons (Fsp3) is 0.188. The van der Waals surface area contributed by atoms with E-state index in [1.54, 1.807) is 37.4 Å². The summed E-state index contributed by atoms with van der Waals surface area (Å²) in [6, 6.07) is 8.21. The van der Waals surface area contributed by atoms with Crippen molar-refractivity contribution in [1.82, 2.24) is 9.97 Å². The Bertz CT molecular complexity index is 917. The first-order valence-electron chi connectivity index (χ1n) is 7.00. The highest BCUT2D eigenvalue weighted by atomic mass is 16.4. The number of nitrogens with one attached hydrogen (secondary N) is 2. The first-order chi connectivity index (χ1) is 10.6. The second-order valence-electron chi connectivity index (χ2n) is 5.06. The third kappa shape index (κ3) is 2.39. The van der Waals surface area contributed by atoms with Crippen molar-refractivity contribution in [3.8, 4) is 0 Å². The molecule has 2 heterocycles. The van der Waals surface area contributed by atoms with E-state index >= 15 is 0 Å². The molecule has 0 aliphatic heterocycles. The molecule has 0 aliphatic carbocycles. The molecular formula is C16H15N3O3. The zero-order valence-electron chi connectivity index (χ0n) is 12.0. The van der Waals surface area contributed by atoms with Gasteiger partial charge >= 0.3 is 5.97 Å². The SMILES string of the molecule is CCC(Nc1ccc2c(=O)[nH]c3ncccc3c2c1)C(=O)O. The maximum absolute atomic E-state index is 12.1. The molecule has 0 aliphatic rings. The van der Waals surface area contributed by atoms with Crippen LogP contribution in [0.3, 0.4) is 0 Å². The molecular weight excluding hydrogens is 282 g/mol. The molecule has 0 amide bonds. The van der Waals surface area contributed by atoms with Crippen molar-refractivity contribution in [3.05, 3.63) is 46.9 Å². The molecule has 1 unspecified atom stereocenters. The number of hydrogen-bond donors (Lipinski definition) is 3. The van der Waals surface area contributed by atoms with Crippen LogP contribution in [0.25, 0.3) is 21.8 Å². The number of H-pyrrole nitrogens is 1.